The molecule has 2 N–H and O–H groups in total. The Bertz CT molecular complexity index is 3100. The Hall–Kier alpha value is -5.48. The van der Waals surface area contributed by atoms with Crippen LogP contribution in [-0.2, 0) is 33.1 Å². The first-order valence-electron chi connectivity index (χ1n) is 24.6. The Kier molecular flexibility index (Phi) is 20.0. The van der Waals surface area contributed by atoms with E-state index in [4.69, 9.17) is 42.1 Å². The summed E-state index contributed by atoms with van der Waals surface area (Å²) in [6, 6.07) is 11.9. The van der Waals surface area contributed by atoms with Gasteiger partial charge in [0.25, 0.3) is 20.0 Å². The van der Waals surface area contributed by atoms with Gasteiger partial charge in [-0.25, -0.2) is 61.8 Å². The van der Waals surface area contributed by atoms with Crippen molar-refractivity contribution in [2.75, 3.05) is 75.9 Å². The summed E-state index contributed by atoms with van der Waals surface area (Å²) in [7, 11) is 3.66. The molecular weight excluding hydrogens is 1180 g/mol. The predicted molar refractivity (Wildman–Crippen MR) is 300 cm³/mol. The molecule has 0 amide bonds. The molecule has 0 aliphatic heterocycles. The Balaban J connectivity index is 0.000000231. The van der Waals surface area contributed by atoms with Gasteiger partial charge in [-0.15, -0.1) is 22.7 Å². The number of hydrogen-bond acceptors (Lipinski definition) is 16. The third-order valence-electron chi connectivity index (χ3n) is 13.7. The molecule has 4 atom stereocenters. The number of alkyl halides is 4. The van der Waals surface area contributed by atoms with Crippen molar-refractivity contribution in [3.8, 4) is 23.0 Å². The molecule has 8 rings (SSSR count). The maximum absolute atomic E-state index is 15.6. The van der Waals surface area contributed by atoms with Gasteiger partial charge >= 0.3 is 0 Å². The molecule has 0 bridgehead atoms. The maximum Gasteiger partial charge on any atom is 0.269 e. The number of nitrogens with zero attached hydrogens (tertiary/aromatic N) is 6. The smallest absolute Gasteiger partial charge is 0.269 e. The summed E-state index contributed by atoms with van der Waals surface area (Å²) in [5, 5.41) is 9.46. The molecule has 80 heavy (non-hydrogen) atoms. The van der Waals surface area contributed by atoms with Gasteiger partial charge in [-0.05, 0) is 89.6 Å². The quantitative estimate of drug-likeness (QED) is 0.0693. The van der Waals surface area contributed by atoms with Crippen LogP contribution in [0, 0.1) is 11.6 Å². The molecule has 2 aliphatic rings. The highest BCUT2D eigenvalue weighted by atomic mass is 35.5. The summed E-state index contributed by atoms with van der Waals surface area (Å²) in [5.74, 6) is -5.90. The number of halogens is 8. The van der Waals surface area contributed by atoms with Gasteiger partial charge in [-0.2, -0.15) is 0 Å². The average molecular weight is 1240 g/mol. The molecule has 2 aliphatic carbocycles. The molecule has 4 aromatic carbocycles. The molecule has 0 unspecified atom stereocenters. The van der Waals surface area contributed by atoms with Gasteiger partial charge in [-0.1, -0.05) is 23.2 Å². The van der Waals surface area contributed by atoms with Gasteiger partial charge < -0.3 is 39.4 Å². The summed E-state index contributed by atoms with van der Waals surface area (Å²) in [6.07, 6.45) is 1.80. The zero-order valence-corrected chi connectivity index (χ0v) is 49.4. The fourth-order valence-electron chi connectivity index (χ4n) is 9.41. The van der Waals surface area contributed by atoms with Crippen molar-refractivity contribution < 1.29 is 62.1 Å². The third kappa shape index (κ3) is 14.4. The number of rotatable bonds is 20. The molecule has 28 heteroatoms. The molecule has 16 nitrogen and oxygen atoms in total. The van der Waals surface area contributed by atoms with Gasteiger partial charge in [0, 0.05) is 96.3 Å². The molecule has 0 radical (unpaired) electrons. The van der Waals surface area contributed by atoms with Crippen molar-refractivity contribution in [2.45, 2.75) is 97.4 Å². The minimum atomic E-state index is -4.51. The first-order chi connectivity index (χ1) is 37.7. The monoisotopic (exact) mass is 1240 g/mol. The van der Waals surface area contributed by atoms with Crippen LogP contribution in [0.4, 0.5) is 48.0 Å². The summed E-state index contributed by atoms with van der Waals surface area (Å²) in [6.45, 7) is -0.415. The van der Waals surface area contributed by atoms with Crippen molar-refractivity contribution >= 4 is 87.6 Å². The van der Waals surface area contributed by atoms with Gasteiger partial charge in [-0.3, -0.25) is 0 Å². The topological polar surface area (TPSA) is 168 Å². The van der Waals surface area contributed by atoms with Gasteiger partial charge in [0.2, 0.25) is 11.8 Å². The number of sulfonamides is 2. The third-order valence-corrected chi connectivity index (χ3v) is 19.6. The van der Waals surface area contributed by atoms with Crippen LogP contribution in [-0.4, -0.2) is 129 Å². The number of nitrogens with one attached hydrogen (secondary N) is 2. The Morgan fingerprint density at radius 3 is 1.29 bits per heavy atom. The first kappa shape index (κ1) is 62.1. The average Bonchev–Trinajstić information content (AvgIpc) is 4.28. The number of aromatic nitrogens is 2. The van der Waals surface area contributed by atoms with E-state index in [1.54, 1.807) is 85.1 Å². The normalized spacial score (nSPS) is 18.9. The molecule has 2 fully saturated rings. The van der Waals surface area contributed by atoms with Crippen LogP contribution < -0.4 is 38.2 Å². The van der Waals surface area contributed by atoms with Gasteiger partial charge in [0.15, 0.2) is 10.3 Å². The van der Waals surface area contributed by atoms with Crippen LogP contribution in [0.15, 0.2) is 93.6 Å². The Morgan fingerprint density at radius 2 is 0.975 bits per heavy atom. The first-order valence-corrected chi connectivity index (χ1v) is 30.0. The second kappa shape index (κ2) is 25.8. The molecule has 0 saturated heterocycles. The minimum Gasteiger partial charge on any atom is -0.497 e. The lowest BCUT2D eigenvalue weighted by atomic mass is 9.86. The highest BCUT2D eigenvalue weighted by molar-refractivity contribution is 7.93. The van der Waals surface area contributed by atoms with Crippen molar-refractivity contribution in [3.05, 3.63) is 117 Å². The van der Waals surface area contributed by atoms with E-state index in [9.17, 15) is 34.4 Å². The van der Waals surface area contributed by atoms with Crippen LogP contribution in [0.2, 0.25) is 10.0 Å². The van der Waals surface area contributed by atoms with Gasteiger partial charge in [0.1, 0.15) is 44.4 Å². The number of likely N-dealkylation sites (N-methyl/N-ethyl adjacent to an activating group) is 2. The number of thiazole rings is 2. The largest absolute Gasteiger partial charge is 0.497 e. The van der Waals surface area contributed by atoms with E-state index in [0.717, 1.165) is 55.5 Å². The second-order valence-electron chi connectivity index (χ2n) is 19.3. The zero-order chi connectivity index (χ0) is 58.5. The van der Waals surface area contributed by atoms with E-state index in [2.05, 4.69) is 20.6 Å². The molecule has 436 valence electrons. The standard InChI is InChI=1S/2C26H30ClF3N4O4S2/c2*1-33(2)22-14-26(29,30)8-7-20(22)32-21-13-19(28)24(12-18(21)27)40(35,36)34(25-31-9-10-39-25)15-16-5-6-17(37-3)11-23(16)38-4/h2*5-6,9-13,20,22,32H,7-8,14-15H2,1-4H3/t2*20-,22-/m10/s1. The van der Waals surface area contributed by atoms with E-state index in [1.165, 1.54) is 40.8 Å². The van der Waals surface area contributed by atoms with Crippen molar-refractivity contribution in [2.24, 2.45) is 0 Å². The molecule has 0 spiro atoms. The molecular formula is C52H60Cl2F6N8O8S4. The van der Waals surface area contributed by atoms with E-state index in [-0.39, 0.29) is 83.3 Å². The highest BCUT2D eigenvalue weighted by Crippen LogP contribution is 2.42. The minimum absolute atomic E-state index is 0.0593. The van der Waals surface area contributed by atoms with E-state index in [1.807, 2.05) is 0 Å². The molecule has 2 saturated carbocycles. The fourth-order valence-corrected chi connectivity index (χ4v) is 14.7. The predicted octanol–water partition coefficient (Wildman–Crippen LogP) is 11.8. The van der Waals surface area contributed by atoms with E-state index < -0.39 is 77.5 Å². The summed E-state index contributed by atoms with van der Waals surface area (Å²) >= 11 is 15.1. The summed E-state index contributed by atoms with van der Waals surface area (Å²) in [5.41, 5.74) is 1.24. The van der Waals surface area contributed by atoms with Crippen LogP contribution in [0.3, 0.4) is 0 Å². The highest BCUT2D eigenvalue weighted by Gasteiger charge is 2.44. The maximum atomic E-state index is 15.6. The lowest BCUT2D eigenvalue weighted by Gasteiger charge is -2.40. The zero-order valence-electron chi connectivity index (χ0n) is 44.7. The van der Waals surface area contributed by atoms with Gasteiger partial charge in [0.05, 0.1) is 62.9 Å². The molecule has 2 aromatic heterocycles. The van der Waals surface area contributed by atoms with Crippen LogP contribution in [0.5, 0.6) is 23.0 Å². The number of hydrogen-bond donors (Lipinski definition) is 2. The fraction of sp³-hybridized carbons (Fsp3) is 0.423. The van der Waals surface area contributed by atoms with Crippen molar-refractivity contribution in [1.29, 1.82) is 0 Å². The second-order valence-corrected chi connectivity index (χ2v) is 25.5. The number of anilines is 4. The molecule has 2 heterocycles. The summed E-state index contributed by atoms with van der Waals surface area (Å²) < 4.78 is 166. The number of benzene rings is 4. The summed E-state index contributed by atoms with van der Waals surface area (Å²) in [4.78, 5) is 10.4. The van der Waals surface area contributed by atoms with E-state index >= 15 is 8.78 Å². The number of ether oxygens (including phenoxy) is 4. The lowest BCUT2D eigenvalue weighted by molar-refractivity contribution is -0.0612. The van der Waals surface area contributed by atoms with Crippen molar-refractivity contribution in [3.63, 3.8) is 0 Å². The van der Waals surface area contributed by atoms with E-state index in [0.29, 0.717) is 34.1 Å². The van der Waals surface area contributed by atoms with Crippen LogP contribution in [0.1, 0.15) is 49.7 Å². The van der Waals surface area contributed by atoms with Crippen molar-refractivity contribution in [1.82, 2.24) is 19.8 Å². The van der Waals surface area contributed by atoms with Crippen LogP contribution in [0.25, 0.3) is 0 Å². The van der Waals surface area contributed by atoms with Crippen LogP contribution >= 0.6 is 45.9 Å². The molecule has 6 aromatic rings. The number of methoxy groups -OCH3 is 4. The Morgan fingerprint density at radius 1 is 0.600 bits per heavy atom. The SMILES string of the molecule is COc1ccc(CN(c2nccs2)S(=O)(=O)c2cc(Cl)c(N[C@@H]3CCC(F)(F)C[C@H]3N(C)C)cc2F)c(OC)c1.COc1ccc(CN(c2nccs2)S(=O)(=O)c2cc(Cl)c(N[C@H]3CCC(F)(F)C[C@@H]3N(C)C)cc2F)c(OC)c1. The lowest BCUT2D eigenvalue weighted by Crippen LogP contribution is -2.50. The Labute approximate surface area is 479 Å².